The fourth-order valence-electron chi connectivity index (χ4n) is 1.70. The Balaban J connectivity index is 0.00000128. The van der Waals surface area contributed by atoms with Gasteiger partial charge < -0.3 is 5.73 Å². The molecule has 0 aliphatic carbocycles. The molecule has 0 amide bonds. The molecule has 1 aromatic carbocycles. The molecule has 0 aliphatic heterocycles. The SMILES string of the molecule is Cc1cccc(CC(N)c2cccs2)c1.Cl. The van der Waals surface area contributed by atoms with Gasteiger partial charge in [-0.15, -0.1) is 23.7 Å². The lowest BCUT2D eigenvalue weighted by Crippen LogP contribution is -2.11. The van der Waals surface area contributed by atoms with Crippen LogP contribution in [0.25, 0.3) is 0 Å². The average molecular weight is 254 g/mol. The van der Waals surface area contributed by atoms with Gasteiger partial charge in [-0.1, -0.05) is 35.9 Å². The zero-order valence-electron chi connectivity index (χ0n) is 9.22. The quantitative estimate of drug-likeness (QED) is 0.887. The second-order valence-corrected chi connectivity index (χ2v) is 4.79. The second-order valence-electron chi connectivity index (χ2n) is 3.82. The molecule has 86 valence electrons. The Kier molecular flexibility index (Phi) is 5.00. The van der Waals surface area contributed by atoms with Crippen LogP contribution in [0.5, 0.6) is 0 Å². The minimum atomic E-state index is 0. The summed E-state index contributed by atoms with van der Waals surface area (Å²) in [6.45, 7) is 2.11. The highest BCUT2D eigenvalue weighted by atomic mass is 35.5. The molecule has 3 heteroatoms. The molecule has 1 unspecified atom stereocenters. The Bertz CT molecular complexity index is 425. The molecule has 1 heterocycles. The van der Waals surface area contributed by atoms with Gasteiger partial charge in [0.15, 0.2) is 0 Å². The minimum absolute atomic E-state index is 0. The van der Waals surface area contributed by atoms with E-state index in [-0.39, 0.29) is 18.4 Å². The lowest BCUT2D eigenvalue weighted by molar-refractivity contribution is 0.736. The van der Waals surface area contributed by atoms with Crippen LogP contribution in [0.2, 0.25) is 0 Å². The standard InChI is InChI=1S/C13H15NS.ClH/c1-10-4-2-5-11(8-10)9-12(14)13-6-3-7-15-13;/h2-8,12H,9,14H2,1H3;1H. The molecule has 2 N–H and O–H groups in total. The number of aryl methyl sites for hydroxylation is 1. The Hall–Kier alpha value is -0.830. The van der Waals surface area contributed by atoms with Crippen molar-refractivity contribution in [3.05, 3.63) is 57.8 Å². The van der Waals surface area contributed by atoms with Gasteiger partial charge in [-0.3, -0.25) is 0 Å². The number of thiophene rings is 1. The lowest BCUT2D eigenvalue weighted by Gasteiger charge is -2.09. The monoisotopic (exact) mass is 253 g/mol. The molecule has 2 aromatic rings. The van der Waals surface area contributed by atoms with E-state index in [1.54, 1.807) is 11.3 Å². The van der Waals surface area contributed by atoms with E-state index in [4.69, 9.17) is 5.73 Å². The highest BCUT2D eigenvalue weighted by Gasteiger charge is 2.07. The molecule has 0 bridgehead atoms. The van der Waals surface area contributed by atoms with E-state index >= 15 is 0 Å². The summed E-state index contributed by atoms with van der Waals surface area (Å²) in [5.74, 6) is 0. The number of rotatable bonds is 3. The predicted octanol–water partition coefficient (Wildman–Crippen LogP) is 3.72. The van der Waals surface area contributed by atoms with Crippen molar-refractivity contribution in [2.45, 2.75) is 19.4 Å². The van der Waals surface area contributed by atoms with Gasteiger partial charge in [0.05, 0.1) is 0 Å². The minimum Gasteiger partial charge on any atom is -0.323 e. The summed E-state index contributed by atoms with van der Waals surface area (Å²) in [6, 6.07) is 12.8. The van der Waals surface area contributed by atoms with Gasteiger partial charge in [-0.05, 0) is 30.4 Å². The maximum atomic E-state index is 6.13. The maximum absolute atomic E-state index is 6.13. The number of benzene rings is 1. The summed E-state index contributed by atoms with van der Waals surface area (Å²) in [7, 11) is 0. The van der Waals surface area contributed by atoms with Crippen LogP contribution in [-0.2, 0) is 6.42 Å². The first-order valence-electron chi connectivity index (χ1n) is 5.10. The third-order valence-corrected chi connectivity index (χ3v) is 3.45. The van der Waals surface area contributed by atoms with Crippen molar-refractivity contribution in [3.8, 4) is 0 Å². The summed E-state index contributed by atoms with van der Waals surface area (Å²) in [6.07, 6.45) is 0.919. The van der Waals surface area contributed by atoms with Crippen LogP contribution >= 0.6 is 23.7 Å². The van der Waals surface area contributed by atoms with Crippen LogP contribution in [0.3, 0.4) is 0 Å². The molecule has 1 aromatic heterocycles. The van der Waals surface area contributed by atoms with E-state index in [0.717, 1.165) is 6.42 Å². The summed E-state index contributed by atoms with van der Waals surface area (Å²) in [5.41, 5.74) is 8.74. The zero-order chi connectivity index (χ0) is 10.7. The molecule has 16 heavy (non-hydrogen) atoms. The van der Waals surface area contributed by atoms with Gasteiger partial charge in [-0.2, -0.15) is 0 Å². The Morgan fingerprint density at radius 1 is 1.25 bits per heavy atom. The smallest absolute Gasteiger partial charge is 0.0430 e. The molecule has 0 saturated carbocycles. The molecule has 2 rings (SSSR count). The summed E-state index contributed by atoms with van der Waals surface area (Å²) >= 11 is 1.73. The summed E-state index contributed by atoms with van der Waals surface area (Å²) < 4.78 is 0. The van der Waals surface area contributed by atoms with Crippen LogP contribution in [-0.4, -0.2) is 0 Å². The van der Waals surface area contributed by atoms with E-state index in [1.807, 2.05) is 0 Å². The second kappa shape index (κ2) is 6.04. The Labute approximate surface area is 107 Å². The average Bonchev–Trinajstić information content (AvgIpc) is 2.70. The van der Waals surface area contributed by atoms with E-state index in [9.17, 15) is 0 Å². The number of halogens is 1. The van der Waals surface area contributed by atoms with Crippen molar-refractivity contribution < 1.29 is 0 Å². The van der Waals surface area contributed by atoms with Crippen LogP contribution < -0.4 is 5.73 Å². The van der Waals surface area contributed by atoms with E-state index in [0.29, 0.717) is 0 Å². The normalized spacial score (nSPS) is 11.9. The van der Waals surface area contributed by atoms with Crippen molar-refractivity contribution in [1.82, 2.24) is 0 Å². The van der Waals surface area contributed by atoms with Crippen LogP contribution in [0.1, 0.15) is 22.0 Å². The van der Waals surface area contributed by atoms with Crippen molar-refractivity contribution >= 4 is 23.7 Å². The van der Waals surface area contributed by atoms with Crippen molar-refractivity contribution in [2.75, 3.05) is 0 Å². The first-order chi connectivity index (χ1) is 7.25. The highest BCUT2D eigenvalue weighted by molar-refractivity contribution is 7.10. The highest BCUT2D eigenvalue weighted by Crippen LogP contribution is 2.20. The Morgan fingerprint density at radius 3 is 2.69 bits per heavy atom. The van der Waals surface area contributed by atoms with Crippen LogP contribution in [0.15, 0.2) is 41.8 Å². The molecule has 1 nitrogen and oxygen atoms in total. The van der Waals surface area contributed by atoms with Gasteiger partial charge in [-0.25, -0.2) is 0 Å². The maximum Gasteiger partial charge on any atom is 0.0430 e. The zero-order valence-corrected chi connectivity index (χ0v) is 10.9. The molecular weight excluding hydrogens is 238 g/mol. The molecule has 1 atom stereocenters. The molecule has 0 saturated heterocycles. The van der Waals surface area contributed by atoms with Gasteiger partial charge in [0.2, 0.25) is 0 Å². The van der Waals surface area contributed by atoms with Gasteiger partial charge in [0.1, 0.15) is 0 Å². The van der Waals surface area contributed by atoms with Crippen molar-refractivity contribution in [2.24, 2.45) is 5.73 Å². The third-order valence-electron chi connectivity index (χ3n) is 2.45. The Morgan fingerprint density at radius 2 is 2.06 bits per heavy atom. The molecule has 0 spiro atoms. The molecule has 0 fully saturated rings. The van der Waals surface area contributed by atoms with Crippen molar-refractivity contribution in [3.63, 3.8) is 0 Å². The first-order valence-corrected chi connectivity index (χ1v) is 5.98. The topological polar surface area (TPSA) is 26.0 Å². The van der Waals surface area contributed by atoms with Gasteiger partial charge >= 0.3 is 0 Å². The largest absolute Gasteiger partial charge is 0.323 e. The van der Waals surface area contributed by atoms with E-state index < -0.39 is 0 Å². The molecule has 0 radical (unpaired) electrons. The van der Waals surface area contributed by atoms with Crippen molar-refractivity contribution in [1.29, 1.82) is 0 Å². The third kappa shape index (κ3) is 3.34. The van der Waals surface area contributed by atoms with E-state index in [1.165, 1.54) is 16.0 Å². The number of hydrogen-bond acceptors (Lipinski definition) is 2. The molecule has 0 aliphatic rings. The predicted molar refractivity (Wildman–Crippen MR) is 73.4 cm³/mol. The number of hydrogen-bond donors (Lipinski definition) is 1. The lowest BCUT2D eigenvalue weighted by atomic mass is 10.0. The molecular formula is C13H16ClNS. The van der Waals surface area contributed by atoms with E-state index in [2.05, 4.69) is 48.7 Å². The van der Waals surface area contributed by atoms with Gasteiger partial charge in [0.25, 0.3) is 0 Å². The van der Waals surface area contributed by atoms with Crippen LogP contribution in [0.4, 0.5) is 0 Å². The summed E-state index contributed by atoms with van der Waals surface area (Å²) in [5, 5.41) is 2.07. The van der Waals surface area contributed by atoms with Gasteiger partial charge in [0, 0.05) is 10.9 Å². The fourth-order valence-corrected chi connectivity index (χ4v) is 2.43. The first kappa shape index (κ1) is 13.2. The van der Waals surface area contributed by atoms with Crippen LogP contribution in [0, 0.1) is 6.92 Å². The summed E-state index contributed by atoms with van der Waals surface area (Å²) in [4.78, 5) is 1.26. The fraction of sp³-hybridized carbons (Fsp3) is 0.231. The number of nitrogens with two attached hydrogens (primary N) is 1.